The molecule has 3 rings (SSSR count). The van der Waals surface area contributed by atoms with Crippen LogP contribution in [0, 0.1) is 6.92 Å². The summed E-state index contributed by atoms with van der Waals surface area (Å²) in [6.07, 6.45) is 2.92. The Bertz CT molecular complexity index is 808. The van der Waals surface area contributed by atoms with E-state index in [-0.39, 0.29) is 5.69 Å². The molecule has 8 nitrogen and oxygen atoms in total. The molecule has 0 fully saturated rings. The average Bonchev–Trinajstić information content (AvgIpc) is 3.19. The molecule has 0 aliphatic carbocycles. The first-order valence-corrected chi connectivity index (χ1v) is 6.85. The monoisotopic (exact) mass is 310 g/mol. The van der Waals surface area contributed by atoms with Crippen molar-refractivity contribution in [2.24, 2.45) is 5.10 Å². The smallest absolute Gasteiger partial charge is 0.293 e. The highest BCUT2D eigenvalue weighted by molar-refractivity contribution is 5.93. The molecule has 8 heteroatoms. The van der Waals surface area contributed by atoms with Crippen LogP contribution in [0.5, 0.6) is 0 Å². The van der Waals surface area contributed by atoms with Crippen LogP contribution < -0.4 is 10.9 Å². The summed E-state index contributed by atoms with van der Waals surface area (Å²) < 4.78 is 5.07. The maximum Gasteiger partial charge on any atom is 0.293 e. The number of para-hydroxylation sites is 1. The van der Waals surface area contributed by atoms with Crippen molar-refractivity contribution in [3.8, 4) is 0 Å². The number of aromatic nitrogens is 3. The van der Waals surface area contributed by atoms with Crippen molar-refractivity contribution < 1.29 is 9.21 Å². The number of anilines is 1. The second-order valence-corrected chi connectivity index (χ2v) is 4.63. The summed E-state index contributed by atoms with van der Waals surface area (Å²) in [5.74, 6) is 0.0860. The van der Waals surface area contributed by atoms with Crippen molar-refractivity contribution in [1.29, 1.82) is 0 Å². The van der Waals surface area contributed by atoms with Gasteiger partial charge in [-0.15, -0.1) is 5.10 Å². The van der Waals surface area contributed by atoms with E-state index in [9.17, 15) is 4.79 Å². The highest BCUT2D eigenvalue weighted by atomic mass is 16.3. The highest BCUT2D eigenvalue weighted by Crippen LogP contribution is 2.08. The van der Waals surface area contributed by atoms with Crippen LogP contribution in [0.3, 0.4) is 0 Å². The summed E-state index contributed by atoms with van der Waals surface area (Å²) in [4.78, 5) is 13.5. The predicted octanol–water partition coefficient (Wildman–Crippen LogP) is 1.82. The van der Waals surface area contributed by atoms with E-state index < -0.39 is 5.91 Å². The molecule has 0 unspecified atom stereocenters. The standard InChI is InChI=1S/C15H14N6O2/c1-11-14(15(22)18-16-10-13-8-5-9-23-13)17-20-21(11)19-12-6-3-2-4-7-12/h2-10,19H,1H3,(H,18,22)/b16-10+. The molecule has 0 saturated carbocycles. The van der Waals surface area contributed by atoms with Crippen molar-refractivity contribution in [2.45, 2.75) is 6.92 Å². The minimum Gasteiger partial charge on any atom is -0.463 e. The third kappa shape index (κ3) is 3.43. The number of benzene rings is 1. The van der Waals surface area contributed by atoms with Gasteiger partial charge in [0.05, 0.1) is 23.9 Å². The summed E-state index contributed by atoms with van der Waals surface area (Å²) >= 11 is 0. The number of nitrogens with one attached hydrogen (secondary N) is 2. The first kappa shape index (κ1) is 14.5. The fourth-order valence-corrected chi connectivity index (χ4v) is 1.85. The quantitative estimate of drug-likeness (QED) is 0.553. The van der Waals surface area contributed by atoms with Gasteiger partial charge in [0.15, 0.2) is 5.69 Å². The zero-order valence-corrected chi connectivity index (χ0v) is 12.3. The summed E-state index contributed by atoms with van der Waals surface area (Å²) in [7, 11) is 0. The van der Waals surface area contributed by atoms with Gasteiger partial charge >= 0.3 is 0 Å². The molecule has 0 bridgehead atoms. The third-order valence-electron chi connectivity index (χ3n) is 3.02. The van der Waals surface area contributed by atoms with Crippen LogP contribution in [-0.2, 0) is 0 Å². The van der Waals surface area contributed by atoms with Crippen LogP contribution in [0.4, 0.5) is 5.69 Å². The molecular formula is C15H14N6O2. The second kappa shape index (κ2) is 6.56. The van der Waals surface area contributed by atoms with Crippen LogP contribution in [-0.4, -0.2) is 27.2 Å². The van der Waals surface area contributed by atoms with Crippen molar-refractivity contribution >= 4 is 17.8 Å². The Morgan fingerprint density at radius 1 is 1.26 bits per heavy atom. The van der Waals surface area contributed by atoms with Gasteiger partial charge in [0.2, 0.25) is 0 Å². The largest absolute Gasteiger partial charge is 0.463 e. The molecule has 0 radical (unpaired) electrons. The Balaban J connectivity index is 1.67. The molecule has 0 aliphatic heterocycles. The molecule has 2 N–H and O–H groups in total. The molecule has 23 heavy (non-hydrogen) atoms. The van der Waals surface area contributed by atoms with Crippen molar-refractivity contribution in [1.82, 2.24) is 20.5 Å². The summed E-state index contributed by atoms with van der Waals surface area (Å²) in [6.45, 7) is 1.74. The van der Waals surface area contributed by atoms with Gasteiger partial charge in [-0.3, -0.25) is 10.2 Å². The Hall–Kier alpha value is -3.42. The zero-order valence-electron chi connectivity index (χ0n) is 12.3. The van der Waals surface area contributed by atoms with Gasteiger partial charge < -0.3 is 4.42 Å². The maximum absolute atomic E-state index is 12.1. The van der Waals surface area contributed by atoms with Crippen LogP contribution in [0.15, 0.2) is 58.2 Å². The van der Waals surface area contributed by atoms with E-state index >= 15 is 0 Å². The predicted molar refractivity (Wildman–Crippen MR) is 84.0 cm³/mol. The molecule has 3 aromatic rings. The Kier molecular flexibility index (Phi) is 4.14. The molecule has 1 amide bonds. The summed E-state index contributed by atoms with van der Waals surface area (Å²) in [5.41, 5.74) is 7.01. The molecule has 0 spiro atoms. The number of rotatable bonds is 5. The van der Waals surface area contributed by atoms with E-state index in [2.05, 4.69) is 26.3 Å². The number of carbonyl (C=O) groups is 1. The maximum atomic E-state index is 12.1. The number of hydrazone groups is 1. The van der Waals surface area contributed by atoms with Gasteiger partial charge in [0, 0.05) is 0 Å². The molecular weight excluding hydrogens is 296 g/mol. The van der Waals surface area contributed by atoms with Gasteiger partial charge in [-0.25, -0.2) is 5.43 Å². The van der Waals surface area contributed by atoms with Crippen LogP contribution in [0.2, 0.25) is 0 Å². The first-order valence-electron chi connectivity index (χ1n) is 6.85. The van der Waals surface area contributed by atoms with Crippen LogP contribution >= 0.6 is 0 Å². The van der Waals surface area contributed by atoms with Crippen molar-refractivity contribution in [2.75, 3.05) is 5.43 Å². The Labute approximate surface area is 131 Å². The molecule has 1 aromatic carbocycles. The average molecular weight is 310 g/mol. The van der Waals surface area contributed by atoms with E-state index in [0.29, 0.717) is 11.5 Å². The molecule has 0 saturated heterocycles. The molecule has 2 heterocycles. The lowest BCUT2D eigenvalue weighted by Gasteiger charge is -2.06. The van der Waals surface area contributed by atoms with Gasteiger partial charge in [-0.1, -0.05) is 18.2 Å². The van der Waals surface area contributed by atoms with Gasteiger partial charge in [-0.05, 0) is 36.4 Å². The highest BCUT2D eigenvalue weighted by Gasteiger charge is 2.16. The van der Waals surface area contributed by atoms with Crippen molar-refractivity contribution in [3.05, 3.63) is 65.9 Å². The fourth-order valence-electron chi connectivity index (χ4n) is 1.85. The Morgan fingerprint density at radius 3 is 2.83 bits per heavy atom. The number of hydrogen-bond acceptors (Lipinski definition) is 6. The summed E-state index contributed by atoms with van der Waals surface area (Å²) in [5, 5.41) is 11.6. The minimum absolute atomic E-state index is 0.185. The molecule has 0 atom stereocenters. The lowest BCUT2D eigenvalue weighted by atomic mass is 10.3. The van der Waals surface area contributed by atoms with Gasteiger partial charge in [-0.2, -0.15) is 9.89 Å². The lowest BCUT2D eigenvalue weighted by molar-refractivity contribution is 0.0949. The van der Waals surface area contributed by atoms with E-state index in [1.165, 1.54) is 17.3 Å². The lowest BCUT2D eigenvalue weighted by Crippen LogP contribution is -2.20. The normalized spacial score (nSPS) is 10.8. The molecule has 116 valence electrons. The van der Waals surface area contributed by atoms with E-state index in [4.69, 9.17) is 4.42 Å². The SMILES string of the molecule is Cc1c(C(=O)N/N=C/c2ccco2)nnn1Nc1ccccc1. The number of amides is 1. The number of hydrogen-bond donors (Lipinski definition) is 2. The van der Waals surface area contributed by atoms with E-state index in [1.54, 1.807) is 19.1 Å². The topological polar surface area (TPSA) is 97.3 Å². The number of nitrogens with zero attached hydrogens (tertiary/aromatic N) is 4. The number of carbonyl (C=O) groups excluding carboxylic acids is 1. The Morgan fingerprint density at radius 2 is 2.09 bits per heavy atom. The van der Waals surface area contributed by atoms with E-state index in [1.807, 2.05) is 30.3 Å². The van der Waals surface area contributed by atoms with Crippen molar-refractivity contribution in [3.63, 3.8) is 0 Å². The third-order valence-corrected chi connectivity index (χ3v) is 3.02. The number of furan rings is 1. The van der Waals surface area contributed by atoms with E-state index in [0.717, 1.165) is 5.69 Å². The van der Waals surface area contributed by atoms with Crippen LogP contribution in [0.25, 0.3) is 0 Å². The molecule has 0 aliphatic rings. The second-order valence-electron chi connectivity index (χ2n) is 4.63. The van der Waals surface area contributed by atoms with Gasteiger partial charge in [0.25, 0.3) is 5.91 Å². The fraction of sp³-hybridized carbons (Fsp3) is 0.0667. The minimum atomic E-state index is -0.452. The van der Waals surface area contributed by atoms with Crippen LogP contribution in [0.1, 0.15) is 21.9 Å². The summed E-state index contributed by atoms with van der Waals surface area (Å²) in [6, 6.07) is 12.9. The molecule has 2 aromatic heterocycles. The zero-order chi connectivity index (χ0) is 16.1. The van der Waals surface area contributed by atoms with Gasteiger partial charge in [0.1, 0.15) is 5.76 Å². The first-order chi connectivity index (χ1) is 11.2.